The van der Waals surface area contributed by atoms with Crippen LogP contribution in [0.15, 0.2) is 50.5 Å². The Kier molecular flexibility index (Phi) is 3.01. The van der Waals surface area contributed by atoms with Crippen molar-refractivity contribution in [1.29, 1.82) is 0 Å². The van der Waals surface area contributed by atoms with Crippen LogP contribution in [-0.2, 0) is 10.1 Å². The van der Waals surface area contributed by atoms with Crippen molar-refractivity contribution in [3.8, 4) is 0 Å². The molecule has 0 spiro atoms. The van der Waals surface area contributed by atoms with Gasteiger partial charge in [0.2, 0.25) is 11.3 Å². The molecule has 1 heterocycles. The van der Waals surface area contributed by atoms with Crippen molar-refractivity contribution in [2.24, 2.45) is 5.73 Å². The zero-order valence-corrected chi connectivity index (χ0v) is 11.8. The second kappa shape index (κ2) is 4.65. The minimum Gasteiger partial charge on any atom is -0.456 e. The molecule has 0 bridgehead atoms. The predicted octanol–water partition coefficient (Wildman–Crippen LogP) is 1.29. The van der Waals surface area contributed by atoms with E-state index in [-0.39, 0.29) is 32.4 Å². The maximum Gasteiger partial charge on any atom is 0.294 e. The van der Waals surface area contributed by atoms with Crippen LogP contribution in [0.25, 0.3) is 21.9 Å². The van der Waals surface area contributed by atoms with Gasteiger partial charge in [0.15, 0.2) is 0 Å². The van der Waals surface area contributed by atoms with Gasteiger partial charge in [-0.05, 0) is 30.3 Å². The van der Waals surface area contributed by atoms with Crippen molar-refractivity contribution in [2.75, 3.05) is 0 Å². The fourth-order valence-corrected chi connectivity index (χ4v) is 2.64. The van der Waals surface area contributed by atoms with Gasteiger partial charge < -0.3 is 10.2 Å². The van der Waals surface area contributed by atoms with E-state index in [0.717, 1.165) is 12.1 Å². The summed E-state index contributed by atoms with van der Waals surface area (Å²) in [5.74, 6) is -0.678. The highest BCUT2D eigenvalue weighted by atomic mass is 32.2. The maximum atomic E-state index is 12.4. The van der Waals surface area contributed by atoms with Crippen LogP contribution in [0.2, 0.25) is 0 Å². The zero-order chi connectivity index (χ0) is 16.1. The maximum absolute atomic E-state index is 12.4. The number of fused-ring (bicyclic) bond motifs is 2. The third-order valence-electron chi connectivity index (χ3n) is 3.22. The largest absolute Gasteiger partial charge is 0.456 e. The number of primary amides is 1. The Morgan fingerprint density at radius 1 is 1.05 bits per heavy atom. The summed E-state index contributed by atoms with van der Waals surface area (Å²) in [5.41, 5.74) is 5.09. The molecule has 112 valence electrons. The topological polar surface area (TPSA) is 128 Å². The fourth-order valence-electron chi connectivity index (χ4n) is 2.15. The molecule has 0 aliphatic rings. The first kappa shape index (κ1) is 14.2. The van der Waals surface area contributed by atoms with Gasteiger partial charge in [0.1, 0.15) is 11.2 Å². The number of hydrogen-bond donors (Lipinski definition) is 2. The Labute approximate surface area is 123 Å². The summed E-state index contributed by atoms with van der Waals surface area (Å²) >= 11 is 0. The first-order valence-corrected chi connectivity index (χ1v) is 7.49. The second-order valence-electron chi connectivity index (χ2n) is 4.64. The molecule has 0 saturated heterocycles. The number of amides is 1. The molecule has 0 aliphatic heterocycles. The van der Waals surface area contributed by atoms with Gasteiger partial charge in [-0.2, -0.15) is 8.42 Å². The minimum absolute atomic E-state index is 0.0134. The SMILES string of the molecule is NC(=O)c1ccc2oc3cc(S(=O)(=O)O)ccc3c(=O)c2c1. The lowest BCUT2D eigenvalue weighted by Gasteiger charge is -2.04. The Hall–Kier alpha value is -2.71. The molecular weight excluding hydrogens is 310 g/mol. The molecule has 0 aliphatic carbocycles. The molecule has 2 aromatic carbocycles. The van der Waals surface area contributed by atoms with Crippen LogP contribution in [-0.4, -0.2) is 18.9 Å². The zero-order valence-electron chi connectivity index (χ0n) is 10.9. The molecule has 0 atom stereocenters. The van der Waals surface area contributed by atoms with Crippen molar-refractivity contribution in [3.63, 3.8) is 0 Å². The van der Waals surface area contributed by atoms with Gasteiger partial charge in [0, 0.05) is 11.6 Å². The molecule has 0 saturated carbocycles. The van der Waals surface area contributed by atoms with E-state index >= 15 is 0 Å². The first-order chi connectivity index (χ1) is 10.3. The molecular formula is C14H9NO6S. The summed E-state index contributed by atoms with van der Waals surface area (Å²) in [7, 11) is -4.40. The Bertz CT molecular complexity index is 1100. The van der Waals surface area contributed by atoms with E-state index in [1.165, 1.54) is 24.3 Å². The first-order valence-electron chi connectivity index (χ1n) is 6.05. The van der Waals surface area contributed by atoms with Gasteiger partial charge in [-0.25, -0.2) is 0 Å². The number of hydrogen-bond acceptors (Lipinski definition) is 5. The summed E-state index contributed by atoms with van der Waals surface area (Å²) in [4.78, 5) is 23.2. The van der Waals surface area contributed by atoms with Gasteiger partial charge in [-0.3, -0.25) is 14.1 Å². The Morgan fingerprint density at radius 2 is 1.77 bits per heavy atom. The van der Waals surface area contributed by atoms with E-state index < -0.39 is 21.5 Å². The van der Waals surface area contributed by atoms with Gasteiger partial charge >= 0.3 is 0 Å². The van der Waals surface area contributed by atoms with Crippen LogP contribution in [0, 0.1) is 0 Å². The van der Waals surface area contributed by atoms with Gasteiger partial charge in [-0.1, -0.05) is 0 Å². The van der Waals surface area contributed by atoms with Gasteiger partial charge in [0.25, 0.3) is 10.1 Å². The minimum atomic E-state index is -4.40. The monoisotopic (exact) mass is 319 g/mol. The number of rotatable bonds is 2. The van der Waals surface area contributed by atoms with Crippen LogP contribution < -0.4 is 11.2 Å². The van der Waals surface area contributed by atoms with Crippen LogP contribution in [0.3, 0.4) is 0 Å². The molecule has 3 N–H and O–H groups in total. The molecule has 8 heteroatoms. The highest BCUT2D eigenvalue weighted by Crippen LogP contribution is 2.22. The fraction of sp³-hybridized carbons (Fsp3) is 0. The van der Waals surface area contributed by atoms with E-state index in [4.69, 9.17) is 14.7 Å². The molecule has 0 radical (unpaired) electrons. The smallest absolute Gasteiger partial charge is 0.294 e. The quantitative estimate of drug-likeness (QED) is 0.541. The molecule has 0 fully saturated rings. The van der Waals surface area contributed by atoms with E-state index in [1.54, 1.807) is 0 Å². The van der Waals surface area contributed by atoms with Crippen LogP contribution in [0.1, 0.15) is 10.4 Å². The van der Waals surface area contributed by atoms with Crippen molar-refractivity contribution >= 4 is 38.0 Å². The second-order valence-corrected chi connectivity index (χ2v) is 6.06. The van der Waals surface area contributed by atoms with E-state index in [2.05, 4.69) is 0 Å². The normalized spacial score (nSPS) is 11.9. The highest BCUT2D eigenvalue weighted by molar-refractivity contribution is 7.85. The predicted molar refractivity (Wildman–Crippen MR) is 78.3 cm³/mol. The average Bonchev–Trinajstić information content (AvgIpc) is 2.45. The van der Waals surface area contributed by atoms with Crippen LogP contribution in [0.4, 0.5) is 0 Å². The van der Waals surface area contributed by atoms with Crippen molar-refractivity contribution in [3.05, 3.63) is 52.2 Å². The van der Waals surface area contributed by atoms with E-state index in [0.29, 0.717) is 0 Å². The lowest BCUT2D eigenvalue weighted by atomic mass is 10.1. The Morgan fingerprint density at radius 3 is 2.41 bits per heavy atom. The van der Waals surface area contributed by atoms with Crippen molar-refractivity contribution in [1.82, 2.24) is 0 Å². The summed E-state index contributed by atoms with van der Waals surface area (Å²) in [5, 5.41) is 0.282. The lowest BCUT2D eigenvalue weighted by Crippen LogP contribution is -2.12. The summed E-state index contributed by atoms with van der Waals surface area (Å²) in [6.07, 6.45) is 0. The number of benzene rings is 2. The molecule has 3 aromatic rings. The molecule has 1 amide bonds. The summed E-state index contributed by atoms with van der Waals surface area (Å²) in [6, 6.07) is 7.51. The molecule has 3 rings (SSSR count). The number of nitrogens with two attached hydrogens (primary N) is 1. The van der Waals surface area contributed by atoms with Crippen molar-refractivity contribution < 1.29 is 22.2 Å². The van der Waals surface area contributed by atoms with Crippen LogP contribution in [0.5, 0.6) is 0 Å². The third-order valence-corrected chi connectivity index (χ3v) is 4.07. The number of carbonyl (C=O) groups is 1. The number of carbonyl (C=O) groups excluding carboxylic acids is 1. The molecule has 0 unspecified atom stereocenters. The molecule has 7 nitrogen and oxygen atoms in total. The van der Waals surface area contributed by atoms with E-state index in [1.807, 2.05) is 0 Å². The summed E-state index contributed by atoms with van der Waals surface area (Å²) < 4.78 is 36.8. The van der Waals surface area contributed by atoms with Gasteiger partial charge in [-0.15, -0.1) is 0 Å². The molecule has 22 heavy (non-hydrogen) atoms. The summed E-state index contributed by atoms with van der Waals surface area (Å²) in [6.45, 7) is 0. The average molecular weight is 319 g/mol. The van der Waals surface area contributed by atoms with Crippen molar-refractivity contribution in [2.45, 2.75) is 4.90 Å². The standard InChI is InChI=1S/C14H9NO6S/c15-14(17)7-1-4-11-10(5-7)13(16)9-3-2-8(22(18,19)20)6-12(9)21-11/h1-6H,(H2,15,17)(H,18,19,20). The molecule has 1 aromatic heterocycles. The third kappa shape index (κ3) is 2.24. The Balaban J connectivity index is 2.41. The lowest BCUT2D eigenvalue weighted by molar-refractivity contribution is 0.100. The van der Waals surface area contributed by atoms with E-state index in [9.17, 15) is 18.0 Å². The highest BCUT2D eigenvalue weighted by Gasteiger charge is 2.14. The van der Waals surface area contributed by atoms with Crippen LogP contribution >= 0.6 is 0 Å². The van der Waals surface area contributed by atoms with Gasteiger partial charge in [0.05, 0.1) is 15.7 Å².